The zero-order valence-corrected chi connectivity index (χ0v) is 73.1. The third-order valence-corrected chi connectivity index (χ3v) is 26.4. The van der Waals surface area contributed by atoms with Crippen molar-refractivity contribution in [2.75, 3.05) is 0 Å². The van der Waals surface area contributed by atoms with Gasteiger partial charge in [0.25, 0.3) is 0 Å². The molecule has 8 aromatic carbocycles. The molecular formula is C103H106N11Si2+5. The standard InChI is InChI=1S/C24H20N3.C22H28NSi.C21H26NSi.2C18H16N3/c1-16-7-8-18(19-6-5-11-26-15-19)14-23(16)24-22-10-9-21(25-3)13-20(22)12-17(2)27(24)4;1-15-8-9-16(2)21(12-15)22-20-11-10-19(24(5,6)7)14-18(20)13-17(3)23(22)4;1-15-9-7-8-10-19(15)21-20-12-11-18(23(4,5)6)14-17(20)13-16(2)22(21)3;1-12-11-20-8-7-16(12)18-17-6-5-15(19-3)10-14(17)9-13(2)21(18)4;1-12-7-8-20-11-17(12)18-16-6-5-15(19-3)10-14(16)9-13(2)21(18)4/h5-15H,1-2,4H3;8-14H,1-7H3;7-14H,1-6H3;2*5-11H,1-2,4H3/q5*+1/i12D;2*13D;2*9D. The quantitative estimate of drug-likeness (QED) is 0.0865. The smallest absolute Gasteiger partial charge is 0.222 e. The van der Waals surface area contributed by atoms with E-state index >= 15 is 0 Å². The van der Waals surface area contributed by atoms with Gasteiger partial charge >= 0.3 is 0 Å². The van der Waals surface area contributed by atoms with Gasteiger partial charge in [-0.1, -0.05) is 164 Å². The van der Waals surface area contributed by atoms with E-state index in [0.717, 1.165) is 133 Å². The topological polar surface area (TPSA) is 71.1 Å². The van der Waals surface area contributed by atoms with Crippen molar-refractivity contribution in [2.24, 2.45) is 35.2 Å². The van der Waals surface area contributed by atoms with Gasteiger partial charge < -0.3 is 0 Å². The van der Waals surface area contributed by atoms with Crippen LogP contribution in [0.15, 0.2) is 243 Å². The van der Waals surface area contributed by atoms with Gasteiger partial charge in [0, 0.05) is 119 Å². The summed E-state index contributed by atoms with van der Waals surface area (Å²) in [5, 5.41) is 12.7. The van der Waals surface area contributed by atoms with Crippen LogP contribution in [0.3, 0.4) is 0 Å². The molecule has 0 atom stereocenters. The molecule has 8 heterocycles. The fraction of sp³-hybridized carbons (Fsp3) is 0.214. The molecule has 16 aromatic rings. The highest BCUT2D eigenvalue weighted by molar-refractivity contribution is 6.89. The number of hydrogen-bond donors (Lipinski definition) is 0. The molecule has 0 aliphatic heterocycles. The average Bonchev–Trinajstić information content (AvgIpc) is 0.764. The van der Waals surface area contributed by atoms with Gasteiger partial charge in [0.15, 0.2) is 45.5 Å². The number of hydrogen-bond acceptors (Lipinski definition) is 3. The van der Waals surface area contributed by atoms with Crippen LogP contribution in [0.4, 0.5) is 17.1 Å². The average molecular weight is 1560 g/mol. The molecule has 11 nitrogen and oxygen atoms in total. The maximum absolute atomic E-state index is 8.68. The summed E-state index contributed by atoms with van der Waals surface area (Å²) >= 11 is 0. The summed E-state index contributed by atoms with van der Waals surface area (Å²) in [6.07, 6.45) is 10.9. The minimum Gasteiger partial charge on any atom is -0.264 e. The Labute approximate surface area is 695 Å². The zero-order chi connectivity index (χ0) is 87.7. The van der Waals surface area contributed by atoms with E-state index in [0.29, 0.717) is 47.3 Å². The van der Waals surface area contributed by atoms with Crippen LogP contribution < -0.4 is 33.2 Å². The van der Waals surface area contributed by atoms with Gasteiger partial charge in [0.05, 0.1) is 86.3 Å². The molecule has 576 valence electrons. The van der Waals surface area contributed by atoms with E-state index in [1.54, 1.807) is 36.8 Å². The van der Waals surface area contributed by atoms with Crippen LogP contribution in [-0.2, 0) is 35.2 Å². The van der Waals surface area contributed by atoms with Crippen molar-refractivity contribution in [2.45, 2.75) is 115 Å². The summed E-state index contributed by atoms with van der Waals surface area (Å²) in [6, 6.07) is 62.5. The molecule has 0 bridgehead atoms. The minimum absolute atomic E-state index is 0.466. The van der Waals surface area contributed by atoms with Gasteiger partial charge in [-0.25, -0.2) is 14.5 Å². The van der Waals surface area contributed by atoms with Crippen molar-refractivity contribution in [1.29, 1.82) is 0 Å². The van der Waals surface area contributed by atoms with Crippen molar-refractivity contribution >= 4 is 97.4 Å². The Hall–Kier alpha value is -12.8. The van der Waals surface area contributed by atoms with E-state index < -0.39 is 16.1 Å². The third kappa shape index (κ3) is 17.5. The fourth-order valence-electron chi connectivity index (χ4n) is 15.0. The van der Waals surface area contributed by atoms with E-state index in [-0.39, 0.29) is 0 Å². The van der Waals surface area contributed by atoms with Crippen LogP contribution in [-0.4, -0.2) is 31.1 Å². The molecule has 8 aromatic heterocycles. The Morgan fingerprint density at radius 1 is 0.293 bits per heavy atom. The number of benzene rings is 8. The van der Waals surface area contributed by atoms with Crippen LogP contribution in [0.1, 0.15) is 68.7 Å². The lowest BCUT2D eigenvalue weighted by molar-refractivity contribution is -0.665. The first kappa shape index (κ1) is 75.8. The van der Waals surface area contributed by atoms with Crippen LogP contribution in [0.25, 0.3) is 136 Å². The minimum atomic E-state index is -1.41. The molecule has 0 aliphatic rings. The highest BCUT2D eigenvalue weighted by Crippen LogP contribution is 2.38. The highest BCUT2D eigenvalue weighted by Gasteiger charge is 2.28. The monoisotopic (exact) mass is 1560 g/mol. The van der Waals surface area contributed by atoms with E-state index in [9.17, 15) is 0 Å². The number of fused-ring (bicyclic) bond motifs is 5. The Morgan fingerprint density at radius 2 is 0.647 bits per heavy atom. The Bertz CT molecular complexity index is 6830. The molecule has 0 saturated carbocycles. The second kappa shape index (κ2) is 34.5. The lowest BCUT2D eigenvalue weighted by atomic mass is 9.95. The van der Waals surface area contributed by atoms with Gasteiger partial charge in [-0.2, -0.15) is 22.8 Å². The fourth-order valence-corrected chi connectivity index (χ4v) is 17.3. The van der Waals surface area contributed by atoms with Gasteiger partial charge in [-0.15, -0.1) is 0 Å². The van der Waals surface area contributed by atoms with Gasteiger partial charge in [0.2, 0.25) is 28.5 Å². The molecule has 0 N–H and O–H groups in total. The van der Waals surface area contributed by atoms with E-state index in [2.05, 4.69) is 241 Å². The SMILES string of the molecule is [2H]c1c(C)[n+](C)c(-c2cc(-c3cccnc3)ccc2C)c2ccc([N+]#[C-])cc12.[2H]c1c(C)[n+](C)c(-c2cc(C)ccc2C)c2ccc([Si](C)(C)C)cc12.[2H]c1c(C)[n+](C)c(-c2ccccc2C)c2ccc([Si](C)(C)C)cc12.[2H]c1c(C)[n+](C)c(-c2ccncc2C)c2ccc([N+]#[C-])cc12.[2H]c1c(C)[n+](C)c(-c2cnccc2C)c2ccc([N+]#[C-])cc12. The predicted molar refractivity (Wildman–Crippen MR) is 488 cm³/mol. The van der Waals surface area contributed by atoms with Crippen LogP contribution in [0.2, 0.25) is 39.3 Å². The van der Waals surface area contributed by atoms with Crippen LogP contribution in [0, 0.1) is 95.9 Å². The third-order valence-electron chi connectivity index (χ3n) is 22.3. The van der Waals surface area contributed by atoms with Crippen molar-refractivity contribution in [1.82, 2.24) is 15.0 Å². The number of aromatic nitrogens is 8. The molecule has 16 rings (SSSR count). The van der Waals surface area contributed by atoms with Crippen molar-refractivity contribution < 1.29 is 29.7 Å². The van der Waals surface area contributed by atoms with E-state index in [4.69, 9.17) is 26.6 Å². The molecule has 0 spiro atoms. The summed E-state index contributed by atoms with van der Waals surface area (Å²) in [4.78, 5) is 23.2. The summed E-state index contributed by atoms with van der Waals surface area (Å²) in [6.45, 7) is 58.4. The second-order valence-electron chi connectivity index (χ2n) is 32.4. The zero-order valence-electron chi connectivity index (χ0n) is 76.1. The number of nitrogens with zero attached hydrogens (tertiary/aromatic N) is 11. The van der Waals surface area contributed by atoms with E-state index in [1.165, 1.54) is 60.4 Å². The number of aryl methyl sites for hydroxylation is 6. The number of rotatable bonds is 8. The van der Waals surface area contributed by atoms with Crippen LogP contribution in [0.5, 0.6) is 0 Å². The largest absolute Gasteiger partial charge is 0.264 e. The lowest BCUT2D eigenvalue weighted by Gasteiger charge is -2.18. The molecule has 0 radical (unpaired) electrons. The molecule has 0 unspecified atom stereocenters. The molecule has 0 amide bonds. The predicted octanol–water partition coefficient (Wildman–Crippen LogP) is 22.6. The second-order valence-corrected chi connectivity index (χ2v) is 42.6. The lowest BCUT2D eigenvalue weighted by Crippen LogP contribution is -2.38. The number of pyridine rings is 8. The summed E-state index contributed by atoms with van der Waals surface area (Å²) in [5.74, 6) is 0. The highest BCUT2D eigenvalue weighted by atomic mass is 28.3. The summed E-state index contributed by atoms with van der Waals surface area (Å²) in [7, 11) is 7.28. The molecule has 116 heavy (non-hydrogen) atoms. The van der Waals surface area contributed by atoms with Crippen molar-refractivity contribution in [3.8, 4) is 67.4 Å². The van der Waals surface area contributed by atoms with Gasteiger partial charge in [-0.3, -0.25) is 15.0 Å². The maximum Gasteiger partial charge on any atom is 0.222 e. The van der Waals surface area contributed by atoms with Gasteiger partial charge in [-0.05, 0) is 169 Å². The van der Waals surface area contributed by atoms with Crippen LogP contribution >= 0.6 is 0 Å². The molecular weight excluding hydrogens is 1450 g/mol. The van der Waals surface area contributed by atoms with Gasteiger partial charge in [0.1, 0.15) is 35.2 Å². The first-order chi connectivity index (χ1) is 57.4. The molecule has 0 fully saturated rings. The Morgan fingerprint density at radius 3 is 1.05 bits per heavy atom. The summed E-state index contributed by atoms with van der Waals surface area (Å²) in [5.41, 5.74) is 27.0. The Balaban J connectivity index is 0.000000139. The van der Waals surface area contributed by atoms with E-state index in [1.807, 2.05) is 138 Å². The summed E-state index contributed by atoms with van der Waals surface area (Å²) < 4.78 is 53.1. The van der Waals surface area contributed by atoms with Crippen molar-refractivity contribution in [3.63, 3.8) is 0 Å². The first-order valence-corrected chi connectivity index (χ1v) is 46.2. The maximum atomic E-state index is 8.68. The molecule has 13 heteroatoms. The first-order valence-electron chi connectivity index (χ1n) is 41.7. The van der Waals surface area contributed by atoms with Crippen molar-refractivity contribution in [3.05, 3.63) is 339 Å². The Kier molecular flexibility index (Phi) is 22.5. The normalized spacial score (nSPS) is 11.8. The molecule has 0 aliphatic carbocycles. The molecule has 0 saturated heterocycles.